The number of rotatable bonds is 5. The van der Waals surface area contributed by atoms with Gasteiger partial charge in [-0.2, -0.15) is 5.10 Å². The molecule has 1 aromatic heterocycles. The second-order valence-corrected chi connectivity index (χ2v) is 8.44. The number of carboxylic acids is 1. The summed E-state index contributed by atoms with van der Waals surface area (Å²) in [6.07, 6.45) is 0.673. The second-order valence-electron chi connectivity index (χ2n) is 7.62. The Morgan fingerprint density at radius 3 is 2.55 bits per heavy atom. The topological polar surface area (TPSA) is 93.5 Å². The molecule has 1 aromatic carbocycles. The summed E-state index contributed by atoms with van der Waals surface area (Å²) in [4.78, 5) is 24.6. The summed E-state index contributed by atoms with van der Waals surface area (Å²) in [5, 5.41) is 17.9. The zero-order chi connectivity index (χ0) is 20.9. The van der Waals surface area contributed by atoms with E-state index in [9.17, 15) is 14.7 Å². The van der Waals surface area contributed by atoms with Gasteiger partial charge in [0, 0.05) is 0 Å². The third-order valence-electron chi connectivity index (χ3n) is 5.81. The van der Waals surface area contributed by atoms with Gasteiger partial charge < -0.3 is 15.2 Å². The number of ether oxygens (including phenoxy) is 1. The van der Waals surface area contributed by atoms with Crippen LogP contribution in [0.5, 0.6) is 0 Å². The first kappa shape index (κ1) is 20.2. The van der Waals surface area contributed by atoms with Crippen LogP contribution in [-0.4, -0.2) is 39.0 Å². The number of nitrogens with zero attached hydrogens (tertiary/aromatic N) is 2. The predicted molar refractivity (Wildman–Crippen MR) is 108 cm³/mol. The van der Waals surface area contributed by atoms with Crippen molar-refractivity contribution in [1.82, 2.24) is 9.78 Å². The summed E-state index contributed by atoms with van der Waals surface area (Å²) in [6.45, 7) is 4.13. The molecule has 4 atom stereocenters. The third-order valence-corrected chi connectivity index (χ3v) is 6.55. The monoisotopic (exact) mass is 437 g/mol. The Labute approximate surface area is 177 Å². The number of aliphatic carboxylic acids is 1. The molecule has 9 heteroatoms. The van der Waals surface area contributed by atoms with Crippen LogP contribution >= 0.6 is 23.2 Å². The number of amides is 1. The molecule has 29 heavy (non-hydrogen) atoms. The van der Waals surface area contributed by atoms with Gasteiger partial charge in [0.05, 0.1) is 57.7 Å². The van der Waals surface area contributed by atoms with Crippen molar-refractivity contribution in [3.8, 4) is 0 Å². The number of hydrogen-bond donors (Lipinski definition) is 2. The van der Waals surface area contributed by atoms with Gasteiger partial charge in [0.15, 0.2) is 0 Å². The lowest BCUT2D eigenvalue weighted by Gasteiger charge is -2.23. The lowest BCUT2D eigenvalue weighted by molar-refractivity contribution is -0.147. The fraction of sp³-hybridized carbons (Fsp3) is 0.450. The summed E-state index contributed by atoms with van der Waals surface area (Å²) in [5.41, 5.74) is 2.96. The van der Waals surface area contributed by atoms with Crippen LogP contribution in [0.1, 0.15) is 29.8 Å². The van der Waals surface area contributed by atoms with Crippen LogP contribution in [-0.2, 0) is 20.9 Å². The molecule has 2 bridgehead atoms. The van der Waals surface area contributed by atoms with Gasteiger partial charge in [-0.05, 0) is 44.4 Å². The van der Waals surface area contributed by atoms with Gasteiger partial charge in [0.25, 0.3) is 0 Å². The largest absolute Gasteiger partial charge is 0.481 e. The van der Waals surface area contributed by atoms with E-state index in [-0.39, 0.29) is 18.1 Å². The molecule has 0 spiro atoms. The van der Waals surface area contributed by atoms with Gasteiger partial charge in [-0.25, -0.2) is 0 Å². The number of carbonyl (C=O) groups is 2. The first-order valence-electron chi connectivity index (χ1n) is 9.43. The summed E-state index contributed by atoms with van der Waals surface area (Å²) < 4.78 is 7.47. The first-order valence-corrected chi connectivity index (χ1v) is 10.2. The number of carbonyl (C=O) groups excluding carboxylic acids is 1. The van der Waals surface area contributed by atoms with Gasteiger partial charge in [-0.15, -0.1) is 0 Å². The van der Waals surface area contributed by atoms with Crippen molar-refractivity contribution in [2.45, 2.75) is 45.4 Å². The number of anilines is 1. The SMILES string of the molecule is Cc1nn(Cc2ccc(Cl)c(Cl)c2)c(C)c1NC(=O)[C@@H]1[C@@H](C(=O)O)[C@@H]2CC[C@H]1O2. The van der Waals surface area contributed by atoms with Crippen molar-refractivity contribution in [3.63, 3.8) is 0 Å². The van der Waals surface area contributed by atoms with E-state index in [0.717, 1.165) is 11.3 Å². The average molecular weight is 438 g/mol. The van der Waals surface area contributed by atoms with E-state index in [0.29, 0.717) is 40.8 Å². The van der Waals surface area contributed by atoms with Crippen LogP contribution < -0.4 is 5.32 Å². The minimum Gasteiger partial charge on any atom is -0.481 e. The highest BCUT2D eigenvalue weighted by Crippen LogP contribution is 2.44. The maximum absolute atomic E-state index is 13.0. The Kier molecular flexibility index (Phi) is 5.31. The number of halogens is 2. The normalized spacial score (nSPS) is 25.4. The van der Waals surface area contributed by atoms with Crippen molar-refractivity contribution < 1.29 is 19.4 Å². The van der Waals surface area contributed by atoms with E-state index in [2.05, 4.69) is 10.4 Å². The van der Waals surface area contributed by atoms with Gasteiger partial charge in [0.2, 0.25) is 5.91 Å². The molecular weight excluding hydrogens is 417 g/mol. The van der Waals surface area contributed by atoms with Crippen molar-refractivity contribution in [1.29, 1.82) is 0 Å². The number of aromatic nitrogens is 2. The van der Waals surface area contributed by atoms with Gasteiger partial charge >= 0.3 is 5.97 Å². The number of fused-ring (bicyclic) bond motifs is 2. The van der Waals surface area contributed by atoms with Crippen LogP contribution in [0, 0.1) is 25.7 Å². The lowest BCUT2D eigenvalue weighted by atomic mass is 9.78. The molecule has 2 saturated heterocycles. The van der Waals surface area contributed by atoms with Crippen LogP contribution in [0.15, 0.2) is 18.2 Å². The van der Waals surface area contributed by atoms with Crippen LogP contribution in [0.25, 0.3) is 0 Å². The zero-order valence-electron chi connectivity index (χ0n) is 16.0. The number of nitrogens with one attached hydrogen (secondary N) is 1. The maximum Gasteiger partial charge on any atom is 0.310 e. The fourth-order valence-electron chi connectivity index (χ4n) is 4.37. The lowest BCUT2D eigenvalue weighted by Crippen LogP contribution is -2.41. The molecule has 7 nitrogen and oxygen atoms in total. The smallest absolute Gasteiger partial charge is 0.310 e. The Hall–Kier alpha value is -2.09. The summed E-state index contributed by atoms with van der Waals surface area (Å²) in [6, 6.07) is 5.38. The molecule has 1 amide bonds. The van der Waals surface area contributed by atoms with Crippen molar-refractivity contribution in [2.75, 3.05) is 5.32 Å². The first-order chi connectivity index (χ1) is 13.8. The summed E-state index contributed by atoms with van der Waals surface area (Å²) in [5.74, 6) is -2.81. The second kappa shape index (κ2) is 7.63. The molecule has 0 saturated carbocycles. The Morgan fingerprint density at radius 2 is 1.90 bits per heavy atom. The highest BCUT2D eigenvalue weighted by molar-refractivity contribution is 6.42. The third kappa shape index (κ3) is 3.63. The molecular formula is C20H21Cl2N3O4. The predicted octanol–water partition coefficient (Wildman–Crippen LogP) is 3.67. The van der Waals surface area contributed by atoms with Crippen LogP contribution in [0.2, 0.25) is 10.0 Å². The molecule has 3 heterocycles. The molecule has 2 aliphatic heterocycles. The number of aryl methyl sites for hydroxylation is 1. The van der Waals surface area contributed by atoms with E-state index in [1.165, 1.54) is 0 Å². The Balaban J connectivity index is 1.54. The minimum absolute atomic E-state index is 0.329. The van der Waals surface area contributed by atoms with E-state index >= 15 is 0 Å². The number of hydrogen-bond acceptors (Lipinski definition) is 4. The van der Waals surface area contributed by atoms with Crippen molar-refractivity contribution in [2.24, 2.45) is 11.8 Å². The minimum atomic E-state index is -0.985. The molecule has 0 aliphatic carbocycles. The summed E-state index contributed by atoms with van der Waals surface area (Å²) in [7, 11) is 0. The van der Waals surface area contributed by atoms with Gasteiger partial charge in [-0.1, -0.05) is 29.3 Å². The summed E-state index contributed by atoms with van der Waals surface area (Å²) >= 11 is 12.1. The fourth-order valence-corrected chi connectivity index (χ4v) is 4.69. The molecule has 2 aliphatic rings. The van der Waals surface area contributed by atoms with E-state index < -0.39 is 17.8 Å². The Bertz CT molecular complexity index is 990. The average Bonchev–Trinajstić information content (AvgIpc) is 3.34. The number of carboxylic acid groups (broad SMARTS) is 1. The zero-order valence-corrected chi connectivity index (χ0v) is 17.5. The molecule has 0 radical (unpaired) electrons. The standard InChI is InChI=1S/C20H21Cl2N3O4/c1-9-18(10(2)25(24-9)8-11-3-4-12(21)13(22)7-11)23-19(26)16-14-5-6-15(29-14)17(16)20(27)28/h3-4,7,14-17H,5-6,8H2,1-2H3,(H,23,26)(H,27,28)/t14-,15+,16+,17+/m1/s1. The van der Waals surface area contributed by atoms with Crippen LogP contribution in [0.4, 0.5) is 5.69 Å². The molecule has 4 rings (SSSR count). The molecule has 2 fully saturated rings. The maximum atomic E-state index is 13.0. The highest BCUT2D eigenvalue weighted by atomic mass is 35.5. The quantitative estimate of drug-likeness (QED) is 0.743. The molecule has 154 valence electrons. The van der Waals surface area contributed by atoms with Gasteiger partial charge in [-0.3, -0.25) is 14.3 Å². The molecule has 0 unspecified atom stereocenters. The van der Waals surface area contributed by atoms with E-state index in [4.69, 9.17) is 27.9 Å². The van der Waals surface area contributed by atoms with Crippen molar-refractivity contribution in [3.05, 3.63) is 45.2 Å². The van der Waals surface area contributed by atoms with E-state index in [1.807, 2.05) is 13.0 Å². The van der Waals surface area contributed by atoms with Crippen molar-refractivity contribution >= 4 is 40.8 Å². The van der Waals surface area contributed by atoms with Gasteiger partial charge in [0.1, 0.15) is 0 Å². The molecule has 2 N–H and O–H groups in total. The Morgan fingerprint density at radius 1 is 1.21 bits per heavy atom. The molecule has 2 aromatic rings. The number of benzene rings is 1. The van der Waals surface area contributed by atoms with Crippen LogP contribution in [0.3, 0.4) is 0 Å². The highest BCUT2D eigenvalue weighted by Gasteiger charge is 2.55. The van der Waals surface area contributed by atoms with E-state index in [1.54, 1.807) is 23.7 Å².